The molecule has 11 nitrogen and oxygen atoms in total. The van der Waals surface area contributed by atoms with Gasteiger partial charge in [0.2, 0.25) is 0 Å². The number of esters is 3. The summed E-state index contributed by atoms with van der Waals surface area (Å²) < 4.78 is 48.2. The molecule has 7 atom stereocenters. The van der Waals surface area contributed by atoms with Crippen molar-refractivity contribution in [1.29, 1.82) is 0 Å². The molecule has 1 saturated heterocycles. The summed E-state index contributed by atoms with van der Waals surface area (Å²) in [6.07, 6.45) is -3.18. The summed E-state index contributed by atoms with van der Waals surface area (Å²) in [7, 11) is -2.95. The highest BCUT2D eigenvalue weighted by molar-refractivity contribution is 6.99. The first-order valence-corrected chi connectivity index (χ1v) is 17.8. The molecule has 0 spiro atoms. The van der Waals surface area contributed by atoms with Crippen molar-refractivity contribution in [2.45, 2.75) is 96.6 Å². The summed E-state index contributed by atoms with van der Waals surface area (Å²) in [5.41, 5.74) is 0. The van der Waals surface area contributed by atoms with Crippen molar-refractivity contribution in [1.82, 2.24) is 0 Å². The van der Waals surface area contributed by atoms with Crippen LogP contribution in [0.5, 0.6) is 0 Å². The van der Waals surface area contributed by atoms with E-state index in [-0.39, 0.29) is 18.3 Å². The van der Waals surface area contributed by atoms with Crippen LogP contribution >= 0.6 is 0 Å². The summed E-state index contributed by atoms with van der Waals surface area (Å²) >= 11 is 0. The molecule has 0 unspecified atom stereocenters. The predicted molar refractivity (Wildman–Crippen MR) is 174 cm³/mol. The second kappa shape index (κ2) is 16.1. The lowest BCUT2D eigenvalue weighted by Gasteiger charge is -2.45. The number of carbonyl (C=O) groups excluding carboxylic acids is 3. The molecule has 4 rings (SSSR count). The molecular weight excluding hydrogens is 624 g/mol. The van der Waals surface area contributed by atoms with Gasteiger partial charge in [-0.3, -0.25) is 14.4 Å². The van der Waals surface area contributed by atoms with Crippen LogP contribution in [0.1, 0.15) is 48.5 Å². The fourth-order valence-electron chi connectivity index (χ4n) is 6.09. The Kier molecular flexibility index (Phi) is 12.5. The van der Waals surface area contributed by atoms with Gasteiger partial charge in [-0.1, -0.05) is 87.5 Å². The molecule has 1 fully saturated rings. The molecule has 0 aliphatic carbocycles. The Morgan fingerprint density at radius 1 is 0.809 bits per heavy atom. The zero-order valence-corrected chi connectivity index (χ0v) is 29.1. The van der Waals surface area contributed by atoms with Crippen LogP contribution in [0.25, 0.3) is 0 Å². The Morgan fingerprint density at radius 3 is 1.87 bits per heavy atom. The molecule has 0 aromatic heterocycles. The molecule has 2 heterocycles. The first-order chi connectivity index (χ1) is 22.4. The van der Waals surface area contributed by atoms with Gasteiger partial charge < -0.3 is 37.6 Å². The van der Waals surface area contributed by atoms with Crippen molar-refractivity contribution in [2.24, 2.45) is 0 Å². The lowest BCUT2D eigenvalue weighted by molar-refractivity contribution is -0.300. The van der Waals surface area contributed by atoms with Gasteiger partial charge in [-0.25, -0.2) is 0 Å². The smallest absolute Gasteiger partial charge is 0.303 e. The van der Waals surface area contributed by atoms with Gasteiger partial charge in [0.1, 0.15) is 12.2 Å². The molecule has 0 bridgehead atoms. The van der Waals surface area contributed by atoms with Gasteiger partial charge in [-0.2, -0.15) is 0 Å². The summed E-state index contributed by atoms with van der Waals surface area (Å²) in [5.74, 6) is -1.92. The van der Waals surface area contributed by atoms with Gasteiger partial charge in [-0.05, 0) is 28.4 Å². The van der Waals surface area contributed by atoms with Crippen molar-refractivity contribution in [3.05, 3.63) is 72.8 Å². The molecule has 2 aliphatic heterocycles. The molecule has 0 amide bonds. The van der Waals surface area contributed by atoms with E-state index in [1.807, 2.05) is 43.3 Å². The predicted octanol–water partition coefficient (Wildman–Crippen LogP) is 3.42. The maximum Gasteiger partial charge on any atom is 0.303 e. The Balaban J connectivity index is 1.68. The van der Waals surface area contributed by atoms with E-state index in [2.05, 4.69) is 45.0 Å². The number of benzene rings is 2. The molecule has 47 heavy (non-hydrogen) atoms. The van der Waals surface area contributed by atoms with Crippen LogP contribution in [-0.4, -0.2) is 89.1 Å². The zero-order valence-electron chi connectivity index (χ0n) is 28.1. The van der Waals surface area contributed by atoms with Crippen LogP contribution in [0, 0.1) is 0 Å². The average molecular weight is 671 g/mol. The third-order valence-electron chi connectivity index (χ3n) is 7.94. The third kappa shape index (κ3) is 8.95. The molecule has 2 aromatic rings. The average Bonchev–Trinajstić information content (AvgIpc) is 3.01. The summed E-state index contributed by atoms with van der Waals surface area (Å²) in [5, 5.41) is 1.93. The minimum Gasteiger partial charge on any atom is -0.456 e. The fraction of sp³-hybridized carbons (Fsp3) is 0.514. The van der Waals surface area contributed by atoms with E-state index in [4.69, 9.17) is 37.6 Å². The van der Waals surface area contributed by atoms with Gasteiger partial charge >= 0.3 is 17.9 Å². The first-order valence-electron chi connectivity index (χ1n) is 15.8. The Labute approximate surface area is 277 Å². The van der Waals surface area contributed by atoms with Gasteiger partial charge in [0.05, 0.1) is 13.2 Å². The van der Waals surface area contributed by atoms with Crippen molar-refractivity contribution < 1.29 is 52.0 Å². The summed E-state index contributed by atoms with van der Waals surface area (Å²) in [6, 6.07) is 20.5. The van der Waals surface area contributed by atoms with Gasteiger partial charge in [0.25, 0.3) is 8.32 Å². The molecule has 256 valence electrons. The lowest BCUT2D eigenvalue weighted by atomic mass is 10.0. The van der Waals surface area contributed by atoms with E-state index in [0.29, 0.717) is 6.61 Å². The van der Waals surface area contributed by atoms with Crippen LogP contribution in [0.15, 0.2) is 72.8 Å². The van der Waals surface area contributed by atoms with Crippen molar-refractivity contribution in [3.8, 4) is 0 Å². The Morgan fingerprint density at radius 2 is 1.36 bits per heavy atom. The zero-order chi connectivity index (χ0) is 34.2. The topological polar surface area (TPSA) is 125 Å². The second-order valence-corrected chi connectivity index (χ2v) is 16.8. The monoisotopic (exact) mass is 670 g/mol. The molecule has 12 heteroatoms. The quantitative estimate of drug-likeness (QED) is 0.143. The lowest BCUT2D eigenvalue weighted by Crippen LogP contribution is -2.67. The third-order valence-corrected chi connectivity index (χ3v) is 12.9. The number of rotatable bonds is 12. The van der Waals surface area contributed by atoms with Crippen molar-refractivity contribution >= 4 is 36.6 Å². The van der Waals surface area contributed by atoms with Crippen LogP contribution in [0.4, 0.5) is 0 Å². The summed E-state index contributed by atoms with van der Waals surface area (Å²) in [4.78, 5) is 36.1. The number of hydrogen-bond acceptors (Lipinski definition) is 11. The van der Waals surface area contributed by atoms with Gasteiger partial charge in [0.15, 0.2) is 30.9 Å². The highest BCUT2D eigenvalue weighted by atomic mass is 28.4. The maximum absolute atomic E-state index is 12.2. The number of ether oxygens (including phenoxy) is 7. The van der Waals surface area contributed by atoms with Crippen LogP contribution in [0.3, 0.4) is 0 Å². The van der Waals surface area contributed by atoms with E-state index in [1.54, 1.807) is 12.2 Å². The Hall–Kier alpha value is -3.39. The fourth-order valence-corrected chi connectivity index (χ4v) is 10.7. The van der Waals surface area contributed by atoms with E-state index in [1.165, 1.54) is 20.8 Å². The minimum atomic E-state index is -2.95. The Bertz CT molecular complexity index is 1320. The molecule has 0 radical (unpaired) electrons. The van der Waals surface area contributed by atoms with E-state index < -0.39 is 69.3 Å². The molecule has 0 saturated carbocycles. The first kappa shape index (κ1) is 36.4. The highest BCUT2D eigenvalue weighted by Crippen LogP contribution is 2.37. The van der Waals surface area contributed by atoms with Crippen LogP contribution in [-0.2, 0) is 52.0 Å². The normalized spacial score (nSPS) is 26.3. The van der Waals surface area contributed by atoms with E-state index >= 15 is 0 Å². The maximum atomic E-state index is 12.2. The standard InChI is InChI=1S/C35H46O11Si/c1-8-39-31-20-19-28(46-34-33(44-25(4)38)32(43-24(3)37)30(21-40-34)42-23(2)36)29(45-31)22-41-47(35(5,6)7,26-15-11-9-12-16-26)27-17-13-10-14-18-27/h9-20,28-34H,8,21-22H2,1-7H3/t28-,29+,30+,31-,32+,33+,34-/m0/s1. The molecule has 2 aromatic carbocycles. The van der Waals surface area contributed by atoms with Gasteiger partial charge in [0, 0.05) is 27.4 Å². The van der Waals surface area contributed by atoms with Crippen LogP contribution in [0.2, 0.25) is 5.04 Å². The molecule has 2 aliphatic rings. The van der Waals surface area contributed by atoms with E-state index in [9.17, 15) is 14.4 Å². The van der Waals surface area contributed by atoms with Gasteiger partial charge in [-0.15, -0.1) is 0 Å². The van der Waals surface area contributed by atoms with Crippen molar-refractivity contribution in [2.75, 3.05) is 19.8 Å². The summed E-state index contributed by atoms with van der Waals surface area (Å²) in [6.45, 7) is 12.5. The minimum absolute atomic E-state index is 0.125. The number of carbonyl (C=O) groups is 3. The van der Waals surface area contributed by atoms with Crippen LogP contribution < -0.4 is 10.4 Å². The van der Waals surface area contributed by atoms with Crippen molar-refractivity contribution in [3.63, 3.8) is 0 Å². The van der Waals surface area contributed by atoms with E-state index in [0.717, 1.165) is 10.4 Å². The SMILES string of the molecule is CCO[C@@H]1C=C[C@H](O[C@@H]2OC[C@@H](OC(C)=O)[C@@H](OC(C)=O)[C@H]2OC(C)=O)[C@@H](CO[Si](c2ccccc2)(c2ccccc2)C(C)(C)C)O1. The number of hydrogen-bond donors (Lipinski definition) is 0. The highest BCUT2D eigenvalue weighted by Gasteiger charge is 2.52. The molecule has 0 N–H and O–H groups in total. The molecular formula is C35H46O11Si. The second-order valence-electron chi connectivity index (χ2n) is 12.5. The largest absolute Gasteiger partial charge is 0.456 e.